The summed E-state index contributed by atoms with van der Waals surface area (Å²) in [6.45, 7) is 2.63. The molecule has 0 aliphatic rings. The molecule has 0 fully saturated rings. The number of pyridine rings is 1. The first-order chi connectivity index (χ1) is 6.77. The maximum atomic E-state index is 5.68. The van der Waals surface area contributed by atoms with Gasteiger partial charge in [0.05, 0.1) is 5.52 Å². The molecule has 0 radical (unpaired) electrons. The first-order valence-corrected chi connectivity index (χ1v) is 5.42. The molecule has 2 heterocycles. The van der Waals surface area contributed by atoms with Crippen LogP contribution in [0.3, 0.4) is 0 Å². The third-order valence-electron chi connectivity index (χ3n) is 2.29. The lowest BCUT2D eigenvalue weighted by molar-refractivity contribution is 0.862. The monoisotopic (exact) mass is 253 g/mol. The van der Waals surface area contributed by atoms with Crippen LogP contribution in [0, 0.1) is 0 Å². The zero-order valence-electron chi connectivity index (χ0n) is 8.00. The molecule has 0 bridgehead atoms. The van der Waals surface area contributed by atoms with Gasteiger partial charge in [0.2, 0.25) is 0 Å². The van der Waals surface area contributed by atoms with E-state index in [0.29, 0.717) is 6.54 Å². The predicted molar refractivity (Wildman–Crippen MR) is 60.2 cm³/mol. The first-order valence-electron chi connectivity index (χ1n) is 4.62. The Morgan fingerprint density at radius 1 is 1.50 bits per heavy atom. The fraction of sp³-hybridized carbons (Fsp3) is 0.300. The van der Waals surface area contributed by atoms with Crippen molar-refractivity contribution in [2.24, 2.45) is 5.73 Å². The topological polar surface area (TPSA) is 43.3 Å². The van der Waals surface area contributed by atoms with Crippen molar-refractivity contribution in [2.45, 2.75) is 19.9 Å². The van der Waals surface area contributed by atoms with Crippen LogP contribution in [0.15, 0.2) is 22.8 Å². The SMILES string of the molecule is CCc1nc(Br)c2cccc(CN)n12. The molecule has 0 aromatic carbocycles. The highest BCUT2D eigenvalue weighted by Gasteiger charge is 2.09. The second-order valence-electron chi connectivity index (χ2n) is 3.11. The van der Waals surface area contributed by atoms with Crippen LogP contribution in [0.4, 0.5) is 0 Å². The molecule has 4 heteroatoms. The third kappa shape index (κ3) is 1.35. The zero-order chi connectivity index (χ0) is 10.1. The third-order valence-corrected chi connectivity index (χ3v) is 2.88. The van der Waals surface area contributed by atoms with E-state index < -0.39 is 0 Å². The number of aromatic nitrogens is 2. The Balaban J connectivity index is 2.82. The van der Waals surface area contributed by atoms with Gasteiger partial charge in [-0.05, 0) is 28.1 Å². The van der Waals surface area contributed by atoms with Crippen molar-refractivity contribution in [1.29, 1.82) is 0 Å². The van der Waals surface area contributed by atoms with Crippen molar-refractivity contribution in [1.82, 2.24) is 9.38 Å². The fourth-order valence-electron chi connectivity index (χ4n) is 1.64. The number of nitrogens with zero attached hydrogens (tertiary/aromatic N) is 2. The summed E-state index contributed by atoms with van der Waals surface area (Å²) in [4.78, 5) is 4.44. The Morgan fingerprint density at radius 3 is 2.93 bits per heavy atom. The van der Waals surface area contributed by atoms with Crippen LogP contribution >= 0.6 is 15.9 Å². The van der Waals surface area contributed by atoms with Gasteiger partial charge in [0.1, 0.15) is 10.4 Å². The van der Waals surface area contributed by atoms with E-state index in [1.54, 1.807) is 0 Å². The summed E-state index contributed by atoms with van der Waals surface area (Å²) in [6, 6.07) is 6.07. The van der Waals surface area contributed by atoms with Gasteiger partial charge in [0.15, 0.2) is 0 Å². The maximum absolute atomic E-state index is 5.68. The summed E-state index contributed by atoms with van der Waals surface area (Å²) in [7, 11) is 0. The van der Waals surface area contributed by atoms with Gasteiger partial charge >= 0.3 is 0 Å². The Bertz CT molecular complexity index is 462. The Morgan fingerprint density at radius 2 is 2.29 bits per heavy atom. The summed E-state index contributed by atoms with van der Waals surface area (Å²) >= 11 is 3.45. The standard InChI is InChI=1S/C10H12BrN3/c1-2-9-13-10(11)8-5-3-4-7(6-12)14(8)9/h3-5H,2,6,12H2,1H3. The highest BCUT2D eigenvalue weighted by molar-refractivity contribution is 9.10. The highest BCUT2D eigenvalue weighted by Crippen LogP contribution is 2.20. The molecule has 0 spiro atoms. The molecule has 74 valence electrons. The smallest absolute Gasteiger partial charge is 0.132 e. The molecular formula is C10H12BrN3. The number of hydrogen-bond donors (Lipinski definition) is 1. The van der Waals surface area contributed by atoms with Crippen LogP contribution in [0.5, 0.6) is 0 Å². The normalized spacial score (nSPS) is 11.1. The van der Waals surface area contributed by atoms with Crippen LogP contribution in [0.2, 0.25) is 0 Å². The molecule has 0 saturated carbocycles. The largest absolute Gasteiger partial charge is 0.325 e. The summed E-state index contributed by atoms with van der Waals surface area (Å²) in [5, 5.41) is 0. The van der Waals surface area contributed by atoms with Crippen LogP contribution < -0.4 is 5.73 Å². The molecular weight excluding hydrogens is 242 g/mol. The molecule has 2 aromatic heterocycles. The Labute approximate surface area is 91.1 Å². The fourth-order valence-corrected chi connectivity index (χ4v) is 2.15. The Hall–Kier alpha value is -0.870. The van der Waals surface area contributed by atoms with E-state index >= 15 is 0 Å². The minimum atomic E-state index is 0.535. The molecule has 2 rings (SSSR count). The first kappa shape index (κ1) is 9.68. The molecule has 2 N–H and O–H groups in total. The maximum Gasteiger partial charge on any atom is 0.132 e. The van der Waals surface area contributed by atoms with Gasteiger partial charge in [0, 0.05) is 18.7 Å². The van der Waals surface area contributed by atoms with Crippen LogP contribution in [0.25, 0.3) is 5.52 Å². The summed E-state index contributed by atoms with van der Waals surface area (Å²) < 4.78 is 3.01. The molecule has 0 saturated heterocycles. The number of aryl methyl sites for hydroxylation is 1. The number of fused-ring (bicyclic) bond motifs is 1. The predicted octanol–water partition coefficient (Wildman–Crippen LogP) is 2.12. The van der Waals surface area contributed by atoms with E-state index in [4.69, 9.17) is 5.73 Å². The van der Waals surface area contributed by atoms with E-state index in [0.717, 1.165) is 28.1 Å². The molecule has 2 aromatic rings. The molecule has 0 aliphatic carbocycles. The average Bonchev–Trinajstić information content (AvgIpc) is 2.56. The quantitative estimate of drug-likeness (QED) is 0.891. The lowest BCUT2D eigenvalue weighted by atomic mass is 10.3. The van der Waals surface area contributed by atoms with Gasteiger partial charge in [-0.25, -0.2) is 4.98 Å². The van der Waals surface area contributed by atoms with E-state index in [-0.39, 0.29) is 0 Å². The van der Waals surface area contributed by atoms with Gasteiger partial charge < -0.3 is 5.73 Å². The number of rotatable bonds is 2. The van der Waals surface area contributed by atoms with Gasteiger partial charge in [-0.3, -0.25) is 4.40 Å². The minimum absolute atomic E-state index is 0.535. The number of hydrogen-bond acceptors (Lipinski definition) is 2. The molecule has 0 unspecified atom stereocenters. The van der Waals surface area contributed by atoms with Crippen LogP contribution in [0.1, 0.15) is 18.4 Å². The van der Waals surface area contributed by atoms with Crippen molar-refractivity contribution >= 4 is 21.4 Å². The second kappa shape index (κ2) is 3.71. The van der Waals surface area contributed by atoms with Gasteiger partial charge in [-0.15, -0.1) is 0 Å². The Kier molecular flexibility index (Phi) is 2.56. The summed E-state index contributed by atoms with van der Waals surface area (Å²) in [6.07, 6.45) is 0.907. The highest BCUT2D eigenvalue weighted by atomic mass is 79.9. The van der Waals surface area contributed by atoms with Gasteiger partial charge in [-0.1, -0.05) is 13.0 Å². The average molecular weight is 254 g/mol. The van der Waals surface area contributed by atoms with Gasteiger partial charge in [0.25, 0.3) is 0 Å². The van der Waals surface area contributed by atoms with Crippen molar-refractivity contribution in [3.05, 3.63) is 34.3 Å². The lowest BCUT2D eigenvalue weighted by Crippen LogP contribution is -2.05. The number of imidazole rings is 1. The van der Waals surface area contributed by atoms with Gasteiger partial charge in [-0.2, -0.15) is 0 Å². The summed E-state index contributed by atoms with van der Waals surface area (Å²) in [5.74, 6) is 1.05. The van der Waals surface area contributed by atoms with E-state index in [9.17, 15) is 0 Å². The number of halogens is 1. The van der Waals surface area contributed by atoms with E-state index in [1.165, 1.54) is 0 Å². The van der Waals surface area contributed by atoms with Crippen molar-refractivity contribution < 1.29 is 0 Å². The van der Waals surface area contributed by atoms with Crippen molar-refractivity contribution in [2.75, 3.05) is 0 Å². The van der Waals surface area contributed by atoms with Crippen molar-refractivity contribution in [3.63, 3.8) is 0 Å². The van der Waals surface area contributed by atoms with Crippen LogP contribution in [-0.4, -0.2) is 9.38 Å². The molecule has 14 heavy (non-hydrogen) atoms. The number of nitrogens with two attached hydrogens (primary N) is 1. The molecule has 0 aliphatic heterocycles. The second-order valence-corrected chi connectivity index (χ2v) is 3.87. The lowest BCUT2D eigenvalue weighted by Gasteiger charge is -2.04. The molecule has 0 amide bonds. The van der Waals surface area contributed by atoms with Crippen molar-refractivity contribution in [3.8, 4) is 0 Å². The van der Waals surface area contributed by atoms with Crippen LogP contribution in [-0.2, 0) is 13.0 Å². The van der Waals surface area contributed by atoms with E-state index in [2.05, 4.69) is 32.2 Å². The zero-order valence-corrected chi connectivity index (χ0v) is 9.58. The molecule has 3 nitrogen and oxygen atoms in total. The van der Waals surface area contributed by atoms with E-state index in [1.807, 2.05) is 18.2 Å². The summed E-state index contributed by atoms with van der Waals surface area (Å²) in [5.41, 5.74) is 7.87. The molecule has 0 atom stereocenters. The minimum Gasteiger partial charge on any atom is -0.325 e.